The molecule has 2 heterocycles. The van der Waals surface area contributed by atoms with Crippen LogP contribution < -0.4 is 10.6 Å². The van der Waals surface area contributed by atoms with Gasteiger partial charge in [-0.1, -0.05) is 31.4 Å². The number of aromatic nitrogens is 1. The molecule has 10 heteroatoms. The Bertz CT molecular complexity index is 1060. The van der Waals surface area contributed by atoms with Gasteiger partial charge in [0.1, 0.15) is 11.9 Å². The van der Waals surface area contributed by atoms with Crippen LogP contribution in [0.25, 0.3) is 0 Å². The Hall–Kier alpha value is -2.85. The van der Waals surface area contributed by atoms with Gasteiger partial charge in [0, 0.05) is 37.4 Å². The molecule has 1 aliphatic carbocycles. The zero-order valence-corrected chi connectivity index (χ0v) is 22.0. The third-order valence-electron chi connectivity index (χ3n) is 6.87. The Morgan fingerprint density at radius 2 is 1.86 bits per heavy atom. The number of halogens is 1. The van der Waals surface area contributed by atoms with Gasteiger partial charge in [-0.15, -0.1) is 11.3 Å². The first-order valence-electron chi connectivity index (χ1n) is 13.1. The van der Waals surface area contributed by atoms with E-state index in [0.29, 0.717) is 17.3 Å². The van der Waals surface area contributed by atoms with E-state index in [1.165, 1.54) is 28.4 Å². The van der Waals surface area contributed by atoms with Crippen molar-refractivity contribution in [2.24, 2.45) is 0 Å². The van der Waals surface area contributed by atoms with Crippen molar-refractivity contribution < 1.29 is 23.5 Å². The van der Waals surface area contributed by atoms with Gasteiger partial charge < -0.3 is 20.3 Å². The molecule has 200 valence electrons. The lowest BCUT2D eigenvalue weighted by Gasteiger charge is -2.34. The lowest BCUT2D eigenvalue weighted by atomic mass is 9.94. The van der Waals surface area contributed by atoms with Crippen LogP contribution in [0.3, 0.4) is 0 Å². The van der Waals surface area contributed by atoms with Gasteiger partial charge >= 0.3 is 0 Å². The normalized spacial score (nSPS) is 18.8. The second-order valence-electron chi connectivity index (χ2n) is 9.82. The molecule has 0 spiro atoms. The van der Waals surface area contributed by atoms with Crippen molar-refractivity contribution >= 4 is 34.2 Å². The quantitative estimate of drug-likeness (QED) is 0.471. The molecule has 37 heavy (non-hydrogen) atoms. The number of benzene rings is 1. The van der Waals surface area contributed by atoms with Crippen LogP contribution in [0.15, 0.2) is 29.6 Å². The van der Waals surface area contributed by atoms with Crippen LogP contribution in [-0.2, 0) is 19.1 Å². The molecule has 2 aliphatic rings. The molecule has 1 saturated carbocycles. The fourth-order valence-corrected chi connectivity index (χ4v) is 5.67. The van der Waals surface area contributed by atoms with Crippen molar-refractivity contribution in [2.75, 3.05) is 18.5 Å². The number of carbonyl (C=O) groups is 3. The van der Waals surface area contributed by atoms with E-state index in [1.54, 1.807) is 12.1 Å². The topological polar surface area (TPSA) is 101 Å². The number of nitrogens with zero attached hydrogens (tertiary/aromatic N) is 2. The minimum Gasteiger partial charge on any atom is -0.376 e. The maximum Gasteiger partial charge on any atom is 0.247 e. The molecule has 3 amide bonds. The summed E-state index contributed by atoms with van der Waals surface area (Å²) in [6, 6.07) is 4.81. The minimum atomic E-state index is -0.941. The van der Waals surface area contributed by atoms with Crippen molar-refractivity contribution in [3.05, 3.63) is 46.7 Å². The van der Waals surface area contributed by atoms with E-state index in [-0.39, 0.29) is 49.3 Å². The van der Waals surface area contributed by atoms with E-state index in [0.717, 1.165) is 50.6 Å². The number of amides is 3. The predicted molar refractivity (Wildman–Crippen MR) is 140 cm³/mol. The second-order valence-corrected chi connectivity index (χ2v) is 10.7. The number of hydrogen-bond donors (Lipinski definition) is 2. The van der Waals surface area contributed by atoms with E-state index in [9.17, 15) is 18.8 Å². The smallest absolute Gasteiger partial charge is 0.247 e. The number of thiazole rings is 1. The fourth-order valence-electron chi connectivity index (χ4n) is 4.96. The number of nitrogens with one attached hydrogen (secondary N) is 2. The van der Waals surface area contributed by atoms with Crippen molar-refractivity contribution in [2.45, 2.75) is 82.9 Å². The average Bonchev–Trinajstić information content (AvgIpc) is 3.55. The van der Waals surface area contributed by atoms with Crippen LogP contribution >= 0.6 is 11.3 Å². The molecule has 1 aromatic carbocycles. The van der Waals surface area contributed by atoms with Gasteiger partial charge in [0.05, 0.1) is 11.8 Å². The molecule has 2 N–H and O–H groups in total. The van der Waals surface area contributed by atoms with Gasteiger partial charge in [0.15, 0.2) is 5.13 Å². The molecule has 1 aromatic heterocycles. The standard InChI is InChI=1S/C27H35FN4O4S/c1-18-17-37-27(29-18)31-23(33)13-14-24(34)32(16-22-8-5-15-36-22)25(19-9-11-20(28)12-10-19)26(35)30-21-6-3-2-4-7-21/h9-12,17,21-22,25H,2-8,13-16H2,1H3,(H,30,35)(H,29,31,33). The van der Waals surface area contributed by atoms with Crippen molar-refractivity contribution in [1.29, 1.82) is 0 Å². The summed E-state index contributed by atoms with van der Waals surface area (Å²) in [5.74, 6) is -1.34. The van der Waals surface area contributed by atoms with Crippen LogP contribution in [0.2, 0.25) is 0 Å². The first-order chi connectivity index (χ1) is 17.9. The largest absolute Gasteiger partial charge is 0.376 e. The van der Waals surface area contributed by atoms with Gasteiger partial charge in [-0.2, -0.15) is 0 Å². The van der Waals surface area contributed by atoms with Crippen molar-refractivity contribution in [3.63, 3.8) is 0 Å². The maximum atomic E-state index is 13.8. The maximum absolute atomic E-state index is 13.8. The number of ether oxygens (including phenoxy) is 1. The van der Waals surface area contributed by atoms with Crippen LogP contribution in [0.1, 0.15) is 75.1 Å². The predicted octanol–water partition coefficient (Wildman–Crippen LogP) is 4.51. The highest BCUT2D eigenvalue weighted by Crippen LogP contribution is 2.27. The molecule has 2 aromatic rings. The zero-order chi connectivity index (χ0) is 26.2. The molecule has 8 nitrogen and oxygen atoms in total. The lowest BCUT2D eigenvalue weighted by Crippen LogP contribution is -2.49. The summed E-state index contributed by atoms with van der Waals surface area (Å²) in [5.41, 5.74) is 1.34. The summed E-state index contributed by atoms with van der Waals surface area (Å²) >= 11 is 1.32. The van der Waals surface area contributed by atoms with Gasteiger partial charge in [-0.05, 0) is 50.3 Å². The Morgan fingerprint density at radius 1 is 1.11 bits per heavy atom. The highest BCUT2D eigenvalue weighted by molar-refractivity contribution is 7.13. The molecular weight excluding hydrogens is 495 g/mol. The van der Waals surface area contributed by atoms with Gasteiger partial charge in [-0.3, -0.25) is 14.4 Å². The third-order valence-corrected chi connectivity index (χ3v) is 7.75. The monoisotopic (exact) mass is 530 g/mol. The average molecular weight is 531 g/mol. The summed E-state index contributed by atoms with van der Waals surface area (Å²) < 4.78 is 19.6. The SMILES string of the molecule is Cc1csc(NC(=O)CCC(=O)N(CC2CCCO2)C(C(=O)NC2CCCCC2)c2ccc(F)cc2)n1. The Balaban J connectivity index is 1.53. The van der Waals surface area contributed by atoms with Crippen LogP contribution in [0.4, 0.5) is 9.52 Å². The van der Waals surface area contributed by atoms with E-state index in [4.69, 9.17) is 4.74 Å². The highest BCUT2D eigenvalue weighted by Gasteiger charge is 2.35. The summed E-state index contributed by atoms with van der Waals surface area (Å²) in [6.45, 7) is 2.68. The van der Waals surface area contributed by atoms with E-state index >= 15 is 0 Å². The van der Waals surface area contributed by atoms with Crippen LogP contribution in [0, 0.1) is 12.7 Å². The van der Waals surface area contributed by atoms with Gasteiger partial charge in [0.25, 0.3) is 0 Å². The lowest BCUT2D eigenvalue weighted by molar-refractivity contribution is -0.143. The molecule has 0 radical (unpaired) electrons. The van der Waals surface area contributed by atoms with E-state index in [1.807, 2.05) is 12.3 Å². The van der Waals surface area contributed by atoms with Crippen molar-refractivity contribution in [3.8, 4) is 0 Å². The molecule has 4 rings (SSSR count). The number of aryl methyl sites for hydroxylation is 1. The van der Waals surface area contributed by atoms with Gasteiger partial charge in [0.2, 0.25) is 17.7 Å². The number of anilines is 1. The first-order valence-corrected chi connectivity index (χ1v) is 14.0. The molecule has 0 bridgehead atoms. The molecule has 2 fully saturated rings. The first kappa shape index (κ1) is 27.2. The summed E-state index contributed by atoms with van der Waals surface area (Å²) in [4.78, 5) is 45.5. The van der Waals surface area contributed by atoms with E-state index in [2.05, 4.69) is 15.6 Å². The molecule has 2 unspecified atom stereocenters. The molecule has 2 atom stereocenters. The summed E-state index contributed by atoms with van der Waals surface area (Å²) in [7, 11) is 0. The Kier molecular flexibility index (Phi) is 9.62. The summed E-state index contributed by atoms with van der Waals surface area (Å²) in [6.07, 6.45) is 6.43. The van der Waals surface area contributed by atoms with Crippen LogP contribution in [0.5, 0.6) is 0 Å². The second kappa shape index (κ2) is 13.1. The van der Waals surface area contributed by atoms with Gasteiger partial charge in [-0.25, -0.2) is 9.37 Å². The zero-order valence-electron chi connectivity index (χ0n) is 21.2. The van der Waals surface area contributed by atoms with Crippen molar-refractivity contribution in [1.82, 2.24) is 15.2 Å². The summed E-state index contributed by atoms with van der Waals surface area (Å²) in [5, 5.41) is 8.19. The highest BCUT2D eigenvalue weighted by atomic mass is 32.1. The number of rotatable bonds is 10. The minimum absolute atomic E-state index is 0.0418. The van der Waals surface area contributed by atoms with E-state index < -0.39 is 11.9 Å². The van der Waals surface area contributed by atoms with Crippen LogP contribution in [-0.4, -0.2) is 52.9 Å². The third kappa shape index (κ3) is 7.82. The molecule has 1 aliphatic heterocycles. The molecule has 1 saturated heterocycles. The molecular formula is C27H35FN4O4S. The Morgan fingerprint density at radius 3 is 2.51 bits per heavy atom. The number of hydrogen-bond acceptors (Lipinski definition) is 6. The number of carbonyl (C=O) groups excluding carboxylic acids is 3. The fraction of sp³-hybridized carbons (Fsp3) is 0.556. The Labute approximate surface area is 221 Å².